The zero-order chi connectivity index (χ0) is 26.6. The molecule has 0 unspecified atom stereocenters. The van der Waals surface area contributed by atoms with Crippen LogP contribution in [-0.2, 0) is 14.3 Å². The van der Waals surface area contributed by atoms with Crippen molar-refractivity contribution in [2.75, 3.05) is 26.3 Å². The minimum absolute atomic E-state index is 0.0349. The number of likely N-dealkylation sites (tertiary alicyclic amines) is 1. The first-order valence-electron chi connectivity index (χ1n) is 13.5. The standard InChI is InChI=1S/C29H35FN4O3S/c1-3-31-18(2)27(35)33-26(19-12-15-37-16-13-19)29(36)34-14-6-9-25(34)28-32-24(17-38-28)22-10-11-23(30)21-8-5-4-7-20(21)22/h4-5,7-8,10-11,17-19,25-26,31H,3,6,9,12-16H2,1-2H3,(H,33,35)/t18-,25-,26-/m0/s1. The van der Waals surface area contributed by atoms with Crippen LogP contribution >= 0.6 is 11.3 Å². The van der Waals surface area contributed by atoms with Crippen LogP contribution in [0.15, 0.2) is 41.8 Å². The molecule has 0 radical (unpaired) electrons. The van der Waals surface area contributed by atoms with E-state index < -0.39 is 6.04 Å². The number of benzene rings is 2. The fraction of sp³-hybridized carbons (Fsp3) is 0.483. The first-order chi connectivity index (χ1) is 18.5. The Balaban J connectivity index is 1.40. The van der Waals surface area contributed by atoms with E-state index in [0.717, 1.165) is 47.3 Å². The van der Waals surface area contributed by atoms with Crippen LogP contribution in [0.4, 0.5) is 4.39 Å². The highest BCUT2D eigenvalue weighted by Gasteiger charge is 2.40. The van der Waals surface area contributed by atoms with Crippen molar-refractivity contribution in [2.24, 2.45) is 5.92 Å². The molecule has 3 aromatic rings. The molecule has 202 valence electrons. The van der Waals surface area contributed by atoms with Crippen LogP contribution in [0.1, 0.15) is 50.6 Å². The van der Waals surface area contributed by atoms with Gasteiger partial charge in [-0.2, -0.15) is 0 Å². The minimum atomic E-state index is -0.589. The monoisotopic (exact) mass is 538 g/mol. The van der Waals surface area contributed by atoms with E-state index in [2.05, 4.69) is 10.6 Å². The highest BCUT2D eigenvalue weighted by Crippen LogP contribution is 2.38. The van der Waals surface area contributed by atoms with E-state index in [4.69, 9.17) is 9.72 Å². The zero-order valence-corrected chi connectivity index (χ0v) is 22.7. The molecule has 2 aromatic carbocycles. The van der Waals surface area contributed by atoms with Crippen LogP contribution in [0.5, 0.6) is 0 Å². The lowest BCUT2D eigenvalue weighted by atomic mass is 9.90. The second kappa shape index (κ2) is 11.9. The largest absolute Gasteiger partial charge is 0.381 e. The van der Waals surface area contributed by atoms with Crippen molar-refractivity contribution < 1.29 is 18.7 Å². The van der Waals surface area contributed by atoms with Gasteiger partial charge in [-0.05, 0) is 62.6 Å². The van der Waals surface area contributed by atoms with E-state index in [9.17, 15) is 14.0 Å². The molecule has 0 spiro atoms. The van der Waals surface area contributed by atoms with Crippen molar-refractivity contribution in [1.82, 2.24) is 20.5 Å². The maximum atomic E-state index is 14.4. The van der Waals surface area contributed by atoms with Crippen molar-refractivity contribution in [3.8, 4) is 11.3 Å². The molecule has 3 atom stereocenters. The van der Waals surface area contributed by atoms with Gasteiger partial charge in [0.25, 0.3) is 0 Å². The summed E-state index contributed by atoms with van der Waals surface area (Å²) in [4.78, 5) is 33.8. The van der Waals surface area contributed by atoms with Crippen LogP contribution in [0.2, 0.25) is 0 Å². The number of carbonyl (C=O) groups excluding carboxylic acids is 2. The zero-order valence-electron chi connectivity index (χ0n) is 21.9. The number of hydrogen-bond donors (Lipinski definition) is 2. The summed E-state index contributed by atoms with van der Waals surface area (Å²) in [7, 11) is 0. The Kier molecular flexibility index (Phi) is 8.35. The maximum Gasteiger partial charge on any atom is 0.246 e. The molecule has 0 saturated carbocycles. The highest BCUT2D eigenvalue weighted by atomic mass is 32.1. The third-order valence-electron chi connectivity index (χ3n) is 7.69. The lowest BCUT2D eigenvalue weighted by Gasteiger charge is -2.35. The van der Waals surface area contributed by atoms with E-state index in [1.807, 2.05) is 42.3 Å². The second-order valence-electron chi connectivity index (χ2n) is 10.1. The van der Waals surface area contributed by atoms with Gasteiger partial charge in [0.1, 0.15) is 16.9 Å². The van der Waals surface area contributed by atoms with Gasteiger partial charge in [-0.1, -0.05) is 31.2 Å². The SMILES string of the molecule is CCN[C@@H](C)C(=O)N[C@H](C(=O)N1CCC[C@H]1c1nc(-c2ccc(F)c3ccccc23)cs1)C1CCOCC1. The van der Waals surface area contributed by atoms with Crippen LogP contribution < -0.4 is 10.6 Å². The molecule has 0 bridgehead atoms. The van der Waals surface area contributed by atoms with Gasteiger partial charge in [0, 0.05) is 36.1 Å². The van der Waals surface area contributed by atoms with Crippen LogP contribution in [0.25, 0.3) is 22.0 Å². The molecule has 2 amide bonds. The average Bonchev–Trinajstić information content (AvgIpc) is 3.62. The number of halogens is 1. The molecule has 5 rings (SSSR count). The predicted molar refractivity (Wildman–Crippen MR) is 147 cm³/mol. The topological polar surface area (TPSA) is 83.6 Å². The average molecular weight is 539 g/mol. The fourth-order valence-electron chi connectivity index (χ4n) is 5.62. The summed E-state index contributed by atoms with van der Waals surface area (Å²) in [5.74, 6) is -0.419. The first kappa shape index (κ1) is 26.7. The lowest BCUT2D eigenvalue weighted by molar-refractivity contribution is -0.140. The van der Waals surface area contributed by atoms with Crippen molar-refractivity contribution in [3.05, 3.63) is 52.6 Å². The number of thiazole rings is 1. The predicted octanol–water partition coefficient (Wildman–Crippen LogP) is 4.68. The van der Waals surface area contributed by atoms with E-state index in [0.29, 0.717) is 31.7 Å². The summed E-state index contributed by atoms with van der Waals surface area (Å²) in [5, 5.41) is 10.5. The Hall–Kier alpha value is -2.88. The van der Waals surface area contributed by atoms with Gasteiger partial charge in [0.05, 0.1) is 17.8 Å². The molecule has 3 heterocycles. The van der Waals surface area contributed by atoms with E-state index in [1.165, 1.54) is 17.4 Å². The maximum absolute atomic E-state index is 14.4. The summed E-state index contributed by atoms with van der Waals surface area (Å²) >= 11 is 1.53. The molecule has 0 aliphatic carbocycles. The summed E-state index contributed by atoms with van der Waals surface area (Å²) in [6.45, 7) is 6.27. The molecule has 7 nitrogen and oxygen atoms in total. The second-order valence-corrected chi connectivity index (χ2v) is 11.0. The summed E-state index contributed by atoms with van der Waals surface area (Å²) in [6.07, 6.45) is 3.19. The molecule has 2 N–H and O–H groups in total. The van der Waals surface area contributed by atoms with Gasteiger partial charge in [0.2, 0.25) is 11.8 Å². The molecule has 38 heavy (non-hydrogen) atoms. The third kappa shape index (κ3) is 5.46. The Labute approximate surface area is 226 Å². The van der Waals surface area contributed by atoms with Crippen LogP contribution in [0, 0.1) is 11.7 Å². The number of ether oxygens (including phenoxy) is 1. The number of hydrogen-bond acceptors (Lipinski definition) is 6. The summed E-state index contributed by atoms with van der Waals surface area (Å²) < 4.78 is 19.9. The van der Waals surface area contributed by atoms with E-state index >= 15 is 0 Å². The van der Waals surface area contributed by atoms with E-state index in [1.54, 1.807) is 12.1 Å². The first-order valence-corrected chi connectivity index (χ1v) is 14.4. The summed E-state index contributed by atoms with van der Waals surface area (Å²) in [6, 6.07) is 9.57. The summed E-state index contributed by atoms with van der Waals surface area (Å²) in [5.41, 5.74) is 1.67. The number of rotatable bonds is 8. The normalized spacial score (nSPS) is 20.0. The number of nitrogens with one attached hydrogen (secondary N) is 2. The van der Waals surface area contributed by atoms with Gasteiger partial charge >= 0.3 is 0 Å². The number of nitrogens with zero attached hydrogens (tertiary/aromatic N) is 2. The Bertz CT molecular complexity index is 1290. The molecule has 2 aliphatic rings. The molecule has 1 aromatic heterocycles. The quantitative estimate of drug-likeness (QED) is 0.435. The Morgan fingerprint density at radius 3 is 2.68 bits per heavy atom. The number of aromatic nitrogens is 1. The van der Waals surface area contributed by atoms with Crippen LogP contribution in [0.3, 0.4) is 0 Å². The number of fused-ring (bicyclic) bond motifs is 1. The lowest BCUT2D eigenvalue weighted by Crippen LogP contribution is -2.56. The smallest absolute Gasteiger partial charge is 0.246 e. The van der Waals surface area contributed by atoms with Gasteiger partial charge in [-0.25, -0.2) is 9.37 Å². The molecular formula is C29H35FN4O3S. The van der Waals surface area contributed by atoms with Gasteiger partial charge in [-0.15, -0.1) is 11.3 Å². The van der Waals surface area contributed by atoms with Gasteiger partial charge < -0.3 is 20.3 Å². The molecule has 2 fully saturated rings. The Morgan fingerprint density at radius 1 is 1.16 bits per heavy atom. The highest BCUT2D eigenvalue weighted by molar-refractivity contribution is 7.10. The van der Waals surface area contributed by atoms with Gasteiger partial charge in [0.15, 0.2) is 0 Å². The van der Waals surface area contributed by atoms with Crippen LogP contribution in [-0.4, -0.2) is 60.1 Å². The van der Waals surface area contributed by atoms with Crippen molar-refractivity contribution in [3.63, 3.8) is 0 Å². The molecular weight excluding hydrogens is 503 g/mol. The molecule has 9 heteroatoms. The number of carbonyl (C=O) groups is 2. The van der Waals surface area contributed by atoms with Crippen molar-refractivity contribution in [2.45, 2.75) is 57.7 Å². The Morgan fingerprint density at radius 2 is 1.92 bits per heavy atom. The fourth-order valence-corrected chi connectivity index (χ4v) is 6.59. The number of likely N-dealkylation sites (N-methyl/N-ethyl adjacent to an activating group) is 1. The minimum Gasteiger partial charge on any atom is -0.381 e. The van der Waals surface area contributed by atoms with Crippen molar-refractivity contribution >= 4 is 33.9 Å². The van der Waals surface area contributed by atoms with E-state index in [-0.39, 0.29) is 35.6 Å². The molecule has 2 saturated heterocycles. The van der Waals surface area contributed by atoms with Gasteiger partial charge in [-0.3, -0.25) is 9.59 Å². The number of amides is 2. The third-order valence-corrected chi connectivity index (χ3v) is 8.64. The molecule has 2 aliphatic heterocycles. The van der Waals surface area contributed by atoms with Crippen molar-refractivity contribution in [1.29, 1.82) is 0 Å².